The Morgan fingerprint density at radius 3 is 2.64 bits per heavy atom. The molecule has 1 aromatic heterocycles. The van der Waals surface area contributed by atoms with Crippen LogP contribution in [0, 0.1) is 0 Å². The van der Waals surface area contributed by atoms with Crippen LogP contribution in [0.3, 0.4) is 0 Å². The number of rotatable bonds is 2. The number of aromatic nitrogens is 1. The van der Waals surface area contributed by atoms with Crippen LogP contribution >= 0.6 is 0 Å². The van der Waals surface area contributed by atoms with Crippen LogP contribution in [0.5, 0.6) is 0 Å². The molecule has 2 aliphatic rings. The summed E-state index contributed by atoms with van der Waals surface area (Å²) in [5.41, 5.74) is 3.91. The van der Waals surface area contributed by atoms with Crippen molar-refractivity contribution >= 4 is 22.5 Å². The molecule has 2 aromatic rings. The van der Waals surface area contributed by atoms with E-state index in [-0.39, 0.29) is 11.4 Å². The van der Waals surface area contributed by atoms with Crippen molar-refractivity contribution in [3.8, 4) is 0 Å². The van der Waals surface area contributed by atoms with Gasteiger partial charge in [-0.15, -0.1) is 0 Å². The Morgan fingerprint density at radius 2 is 1.96 bits per heavy atom. The highest BCUT2D eigenvalue weighted by Crippen LogP contribution is 2.39. The summed E-state index contributed by atoms with van der Waals surface area (Å²) in [6.07, 6.45) is 7.38. The van der Waals surface area contributed by atoms with Gasteiger partial charge in [-0.05, 0) is 56.4 Å². The van der Waals surface area contributed by atoms with Crippen molar-refractivity contribution in [1.82, 2.24) is 9.88 Å². The van der Waals surface area contributed by atoms with Crippen molar-refractivity contribution in [2.45, 2.75) is 57.9 Å². The third-order valence-corrected chi connectivity index (χ3v) is 6.12. The smallest absolute Gasteiger partial charge is 0.220 e. The normalized spacial score (nSPS) is 21.2. The molecule has 1 saturated carbocycles. The van der Waals surface area contributed by atoms with Gasteiger partial charge in [0.15, 0.2) is 0 Å². The second-order valence-corrected chi connectivity index (χ2v) is 8.36. The van der Waals surface area contributed by atoms with Crippen LogP contribution in [-0.2, 0) is 4.79 Å². The third kappa shape index (κ3) is 2.92. The number of carbonyl (C=O) groups excluding carboxylic acids is 1. The second-order valence-electron chi connectivity index (χ2n) is 8.36. The number of benzene rings is 1. The molecule has 134 valence electrons. The predicted molar refractivity (Wildman–Crippen MR) is 103 cm³/mol. The number of nitrogens with zero attached hydrogens (tertiary/aromatic N) is 2. The number of carbonyl (C=O) groups is 1. The molecule has 0 unspecified atom stereocenters. The minimum atomic E-state index is -0.143. The minimum absolute atomic E-state index is 0.143. The van der Waals surface area contributed by atoms with Crippen molar-refractivity contribution in [2.24, 2.45) is 0 Å². The highest BCUT2D eigenvalue weighted by Gasteiger charge is 2.36. The third-order valence-electron chi connectivity index (χ3n) is 6.12. The summed E-state index contributed by atoms with van der Waals surface area (Å²) in [6.45, 7) is 8.61. The maximum atomic E-state index is 12.0. The van der Waals surface area contributed by atoms with Gasteiger partial charge in [0.25, 0.3) is 0 Å². The molecule has 0 atom stereocenters. The number of hydrogen-bond donors (Lipinski definition) is 1. The molecule has 0 radical (unpaired) electrons. The van der Waals surface area contributed by atoms with Gasteiger partial charge < -0.3 is 14.8 Å². The molecule has 0 bridgehead atoms. The maximum Gasteiger partial charge on any atom is 0.220 e. The molecule has 4 rings (SSSR count). The largest absolute Gasteiger partial charge is 0.367 e. The summed E-state index contributed by atoms with van der Waals surface area (Å²) in [5, 5.41) is 1.30. The van der Waals surface area contributed by atoms with Crippen molar-refractivity contribution in [3.63, 3.8) is 0 Å². The molecular formula is C21H29N3O. The van der Waals surface area contributed by atoms with Crippen LogP contribution in [0.4, 0.5) is 5.69 Å². The van der Waals surface area contributed by atoms with E-state index in [2.05, 4.69) is 41.9 Å². The van der Waals surface area contributed by atoms with Gasteiger partial charge in [-0.2, -0.15) is 0 Å². The highest BCUT2D eigenvalue weighted by atomic mass is 16.2. The van der Waals surface area contributed by atoms with E-state index in [1.165, 1.54) is 47.8 Å². The molecule has 1 N–H and O–H groups in total. The van der Waals surface area contributed by atoms with E-state index in [1.807, 2.05) is 11.1 Å². The second kappa shape index (κ2) is 6.08. The van der Waals surface area contributed by atoms with E-state index >= 15 is 0 Å². The number of amides is 1. The Kier molecular flexibility index (Phi) is 4.01. The Bertz CT molecular complexity index is 786. The lowest BCUT2D eigenvalue weighted by molar-refractivity contribution is -0.134. The zero-order valence-corrected chi connectivity index (χ0v) is 15.6. The van der Waals surface area contributed by atoms with Gasteiger partial charge in [-0.25, -0.2) is 0 Å². The fraction of sp³-hybridized carbons (Fsp3) is 0.571. The first-order chi connectivity index (χ1) is 12.0. The van der Waals surface area contributed by atoms with Gasteiger partial charge in [0.1, 0.15) is 0 Å². The van der Waals surface area contributed by atoms with Crippen LogP contribution in [0.25, 0.3) is 10.9 Å². The summed E-state index contributed by atoms with van der Waals surface area (Å²) in [6, 6.07) is 6.96. The van der Waals surface area contributed by atoms with Gasteiger partial charge in [-0.3, -0.25) is 4.79 Å². The number of anilines is 1. The molecule has 1 aliphatic heterocycles. The van der Waals surface area contributed by atoms with Gasteiger partial charge >= 0.3 is 0 Å². The zero-order chi connectivity index (χ0) is 17.6. The van der Waals surface area contributed by atoms with Crippen LogP contribution in [0.15, 0.2) is 24.4 Å². The number of piperazine rings is 1. The molecule has 25 heavy (non-hydrogen) atoms. The average Bonchev–Trinajstić information content (AvgIpc) is 3.23. The van der Waals surface area contributed by atoms with E-state index in [9.17, 15) is 4.79 Å². The monoisotopic (exact) mass is 339 g/mol. The molecular weight excluding hydrogens is 310 g/mol. The van der Waals surface area contributed by atoms with Crippen LogP contribution < -0.4 is 4.90 Å². The van der Waals surface area contributed by atoms with E-state index in [0.29, 0.717) is 5.92 Å². The lowest BCUT2D eigenvalue weighted by Crippen LogP contribution is -2.60. The Hall–Kier alpha value is -1.97. The van der Waals surface area contributed by atoms with Crippen molar-refractivity contribution < 1.29 is 4.79 Å². The molecule has 1 aromatic carbocycles. The summed E-state index contributed by atoms with van der Waals surface area (Å²) in [5.74, 6) is 0.883. The van der Waals surface area contributed by atoms with Crippen LogP contribution in [0.1, 0.15) is 57.9 Å². The first-order valence-electron chi connectivity index (χ1n) is 9.60. The van der Waals surface area contributed by atoms with E-state index in [4.69, 9.17) is 0 Å². The van der Waals surface area contributed by atoms with Gasteiger partial charge in [0, 0.05) is 49.3 Å². The standard InChI is InChI=1S/C21H29N3O/c1-15(25)24-11-10-23(14-21(24,2)3)20-13-17(16-6-4-5-7-16)12-19-18(20)8-9-22-19/h8-9,12-13,16,22H,4-7,10-11,14H2,1-3H3. The number of nitrogens with one attached hydrogen (secondary N) is 1. The average molecular weight is 339 g/mol. The zero-order valence-electron chi connectivity index (χ0n) is 15.6. The number of fused-ring (bicyclic) bond motifs is 1. The SMILES string of the molecule is CC(=O)N1CCN(c2cc(C3CCCC3)cc3[nH]ccc23)CC1(C)C. The van der Waals surface area contributed by atoms with Crippen LogP contribution in [0.2, 0.25) is 0 Å². The van der Waals surface area contributed by atoms with E-state index < -0.39 is 0 Å². The van der Waals surface area contributed by atoms with Crippen molar-refractivity contribution in [3.05, 3.63) is 30.0 Å². The van der Waals surface area contributed by atoms with Crippen molar-refractivity contribution in [1.29, 1.82) is 0 Å². The molecule has 1 amide bonds. The number of H-pyrrole nitrogens is 1. The molecule has 1 saturated heterocycles. The highest BCUT2D eigenvalue weighted by molar-refractivity contribution is 5.93. The topological polar surface area (TPSA) is 39.3 Å². The van der Waals surface area contributed by atoms with E-state index in [1.54, 1.807) is 6.92 Å². The summed E-state index contributed by atoms with van der Waals surface area (Å²) in [4.78, 5) is 19.9. The summed E-state index contributed by atoms with van der Waals surface area (Å²) in [7, 11) is 0. The minimum Gasteiger partial charge on any atom is -0.367 e. The first kappa shape index (κ1) is 16.5. The molecule has 1 aliphatic carbocycles. The molecule has 4 nitrogen and oxygen atoms in total. The Balaban J connectivity index is 1.71. The fourth-order valence-corrected chi connectivity index (χ4v) is 4.87. The maximum absolute atomic E-state index is 12.0. The summed E-state index contributed by atoms with van der Waals surface area (Å²) >= 11 is 0. The number of aromatic amines is 1. The quantitative estimate of drug-likeness (QED) is 0.887. The van der Waals surface area contributed by atoms with Crippen LogP contribution in [-0.4, -0.2) is 41.0 Å². The van der Waals surface area contributed by atoms with Gasteiger partial charge in [0.05, 0.1) is 5.54 Å². The lowest BCUT2D eigenvalue weighted by Gasteiger charge is -2.48. The number of hydrogen-bond acceptors (Lipinski definition) is 2. The Labute approximate surface area is 150 Å². The predicted octanol–water partition coefficient (Wildman–Crippen LogP) is 4.27. The molecule has 2 fully saturated rings. The fourth-order valence-electron chi connectivity index (χ4n) is 4.87. The van der Waals surface area contributed by atoms with Gasteiger partial charge in [0.2, 0.25) is 5.91 Å². The van der Waals surface area contributed by atoms with E-state index in [0.717, 1.165) is 19.6 Å². The molecule has 4 heteroatoms. The molecule has 0 spiro atoms. The lowest BCUT2D eigenvalue weighted by atomic mass is 9.94. The first-order valence-corrected chi connectivity index (χ1v) is 9.60. The Morgan fingerprint density at radius 1 is 1.20 bits per heavy atom. The van der Waals surface area contributed by atoms with Crippen molar-refractivity contribution in [2.75, 3.05) is 24.5 Å². The van der Waals surface area contributed by atoms with Gasteiger partial charge in [-0.1, -0.05) is 12.8 Å². The summed E-state index contributed by atoms with van der Waals surface area (Å²) < 4.78 is 0. The molecule has 2 heterocycles.